The average molecular weight is 1440 g/mol. The number of fused-ring (bicyclic) bond motifs is 14. The van der Waals surface area contributed by atoms with Gasteiger partial charge in [-0.15, -0.1) is 0 Å². The molecule has 3 aliphatic carbocycles. The fourth-order valence-corrected chi connectivity index (χ4v) is 21.9. The highest BCUT2D eigenvalue weighted by atomic mass is 79.9. The molecule has 0 N–H and O–H groups in total. The number of allylic oxidation sites excluding steroid dienone is 4. The molecule has 0 spiro atoms. The summed E-state index contributed by atoms with van der Waals surface area (Å²) in [5, 5.41) is 16.2. The SMILES string of the molecule is Brc1cc2cc3ccccc3nc2c2ccccc12.CC1(C)C2=CC(B3OC(C)(C)C(C)(C)O3)=CCC2c2ccc(P(c3ccccc3)c3ccccc3)cc21.CC1(C)c2cc(-c3cc4cc5ccccc5nc4c4ccccc34)ccc2-c2ccc(P(=O)(c3ccccc3)c3ccccc3)cc21. The van der Waals surface area contributed by atoms with Gasteiger partial charge in [0.15, 0.2) is 7.14 Å². The lowest BCUT2D eigenvalue weighted by Crippen LogP contribution is -2.41. The van der Waals surface area contributed by atoms with Crippen molar-refractivity contribution in [1.29, 1.82) is 0 Å². The Labute approximate surface area is 613 Å². The van der Waals surface area contributed by atoms with E-state index in [9.17, 15) is 0 Å². The van der Waals surface area contributed by atoms with Crippen LogP contribution in [0.15, 0.2) is 325 Å². The Hall–Kier alpha value is -9.68. The molecule has 9 heteroatoms. The Kier molecular flexibility index (Phi) is 16.8. The van der Waals surface area contributed by atoms with E-state index in [2.05, 4.69) is 302 Å². The summed E-state index contributed by atoms with van der Waals surface area (Å²) in [6.45, 7) is 17.9. The molecule has 1 fully saturated rings. The van der Waals surface area contributed by atoms with Crippen LogP contribution in [0.1, 0.15) is 90.0 Å². The van der Waals surface area contributed by atoms with Crippen LogP contribution >= 0.6 is 31.0 Å². The Morgan fingerprint density at radius 2 is 0.903 bits per heavy atom. The van der Waals surface area contributed by atoms with Crippen molar-refractivity contribution < 1.29 is 13.9 Å². The third kappa shape index (κ3) is 11.6. The molecule has 1 aliphatic heterocycles. The van der Waals surface area contributed by atoms with Crippen LogP contribution in [0, 0.1) is 0 Å². The summed E-state index contributed by atoms with van der Waals surface area (Å²) in [5.74, 6) is 0.421. The van der Waals surface area contributed by atoms with Gasteiger partial charge < -0.3 is 13.9 Å². The van der Waals surface area contributed by atoms with Gasteiger partial charge in [0, 0.05) is 69.5 Å². The van der Waals surface area contributed by atoms with E-state index in [-0.39, 0.29) is 29.2 Å². The molecular weight excluding hydrogens is 1360 g/mol. The van der Waals surface area contributed by atoms with Crippen LogP contribution in [-0.2, 0) is 24.7 Å². The normalized spacial score (nSPS) is 16.5. The molecule has 1 unspecified atom stereocenters. The van der Waals surface area contributed by atoms with Gasteiger partial charge in [-0.1, -0.05) is 304 Å². The average Bonchev–Trinajstić information content (AvgIpc) is 1.72. The molecule has 502 valence electrons. The van der Waals surface area contributed by atoms with Crippen molar-refractivity contribution in [2.75, 3.05) is 0 Å². The highest BCUT2D eigenvalue weighted by Gasteiger charge is 2.53. The molecule has 0 bridgehead atoms. The number of halogens is 1. The van der Waals surface area contributed by atoms with Crippen molar-refractivity contribution in [3.63, 3.8) is 0 Å². The summed E-state index contributed by atoms with van der Waals surface area (Å²) in [4.78, 5) is 9.92. The van der Waals surface area contributed by atoms with Gasteiger partial charge in [-0.2, -0.15) is 0 Å². The van der Waals surface area contributed by atoms with E-state index < -0.39 is 15.1 Å². The van der Waals surface area contributed by atoms with E-state index in [1.807, 2.05) is 78.9 Å². The topological polar surface area (TPSA) is 61.3 Å². The van der Waals surface area contributed by atoms with Crippen LogP contribution < -0.4 is 31.8 Å². The minimum atomic E-state index is -3.09. The molecule has 2 aromatic heterocycles. The smallest absolute Gasteiger partial charge is 0.399 e. The highest BCUT2D eigenvalue weighted by Crippen LogP contribution is 2.56. The fraction of sp³-hybridized carbons (Fsp3) is 0.149. The van der Waals surface area contributed by atoms with E-state index in [4.69, 9.17) is 19.3 Å². The number of para-hydroxylation sites is 2. The molecule has 103 heavy (non-hydrogen) atoms. The quantitative estimate of drug-likeness (QED) is 0.0657. The maximum atomic E-state index is 15.2. The summed E-state index contributed by atoms with van der Waals surface area (Å²) in [6.07, 6.45) is 5.72. The molecule has 0 radical (unpaired) electrons. The Bertz CT molecular complexity index is 5900. The largest absolute Gasteiger partial charge is 0.494 e. The second-order valence-corrected chi connectivity index (χ2v) is 35.7. The first kappa shape index (κ1) is 66.6. The number of aromatic nitrogens is 2. The number of nitrogens with zero attached hydrogens (tertiary/aromatic N) is 2. The van der Waals surface area contributed by atoms with E-state index in [1.165, 1.54) is 98.4 Å². The molecule has 5 nitrogen and oxygen atoms in total. The molecule has 4 aliphatic rings. The van der Waals surface area contributed by atoms with Crippen LogP contribution in [0.4, 0.5) is 0 Å². The first-order valence-corrected chi connectivity index (χ1v) is 39.6. The summed E-state index contributed by atoms with van der Waals surface area (Å²) in [6, 6.07) is 105. The number of hydrogen-bond donors (Lipinski definition) is 0. The van der Waals surface area contributed by atoms with Gasteiger partial charge in [-0.05, 0) is 173 Å². The highest BCUT2D eigenvalue weighted by molar-refractivity contribution is 9.10. The number of rotatable bonds is 8. The van der Waals surface area contributed by atoms with Crippen molar-refractivity contribution in [2.24, 2.45) is 0 Å². The molecule has 1 atom stereocenters. The summed E-state index contributed by atoms with van der Waals surface area (Å²) < 4.78 is 29.2. The maximum absolute atomic E-state index is 15.2. The molecule has 13 aromatic carbocycles. The van der Waals surface area contributed by atoms with Gasteiger partial charge in [0.2, 0.25) is 0 Å². The first-order chi connectivity index (χ1) is 49.8. The fourth-order valence-electron chi connectivity index (χ4n) is 16.3. The minimum absolute atomic E-state index is 0.0481. The lowest BCUT2D eigenvalue weighted by Gasteiger charge is -2.32. The van der Waals surface area contributed by atoms with E-state index >= 15 is 4.57 Å². The Balaban J connectivity index is 0.000000124. The minimum Gasteiger partial charge on any atom is -0.399 e. The Morgan fingerprint density at radius 3 is 1.49 bits per heavy atom. The lowest BCUT2D eigenvalue weighted by molar-refractivity contribution is 0.00578. The van der Waals surface area contributed by atoms with Crippen molar-refractivity contribution in [2.45, 2.75) is 89.8 Å². The number of hydrogen-bond acceptors (Lipinski definition) is 5. The van der Waals surface area contributed by atoms with Crippen molar-refractivity contribution >= 4 is 135 Å². The summed E-state index contributed by atoms with van der Waals surface area (Å²) >= 11 is 3.65. The molecule has 15 aromatic rings. The lowest BCUT2D eigenvalue weighted by atomic mass is 9.69. The van der Waals surface area contributed by atoms with Crippen LogP contribution in [0.3, 0.4) is 0 Å². The predicted octanol–water partition coefficient (Wildman–Crippen LogP) is 22.2. The third-order valence-electron chi connectivity index (χ3n) is 22.5. The molecule has 0 saturated carbocycles. The summed E-state index contributed by atoms with van der Waals surface area (Å²) in [5.41, 5.74) is 16.1. The Morgan fingerprint density at radius 1 is 0.417 bits per heavy atom. The van der Waals surface area contributed by atoms with Crippen LogP contribution in [-0.4, -0.2) is 28.3 Å². The van der Waals surface area contributed by atoms with Crippen molar-refractivity contribution in [3.8, 4) is 22.3 Å². The van der Waals surface area contributed by atoms with Crippen LogP contribution in [0.25, 0.3) is 87.4 Å². The zero-order chi connectivity index (χ0) is 70.6. The molecular formula is C94H78BBrN2O3P2. The zero-order valence-corrected chi connectivity index (χ0v) is 62.6. The van der Waals surface area contributed by atoms with Gasteiger partial charge in [-0.3, -0.25) is 0 Å². The van der Waals surface area contributed by atoms with Gasteiger partial charge >= 0.3 is 7.12 Å². The number of pyridine rings is 2. The molecule has 3 heterocycles. The van der Waals surface area contributed by atoms with Crippen molar-refractivity contribution in [3.05, 3.63) is 347 Å². The molecule has 1 saturated heterocycles. The third-order valence-corrected chi connectivity index (χ3v) is 28.6. The van der Waals surface area contributed by atoms with E-state index in [0.29, 0.717) is 5.92 Å². The van der Waals surface area contributed by atoms with E-state index in [0.717, 1.165) is 65.0 Å². The predicted molar refractivity (Wildman–Crippen MR) is 441 cm³/mol. The number of benzene rings is 13. The zero-order valence-electron chi connectivity index (χ0n) is 59.2. The second-order valence-electron chi connectivity index (χ2n) is 29.9. The first-order valence-electron chi connectivity index (χ1n) is 35.8. The van der Waals surface area contributed by atoms with Gasteiger partial charge in [-0.25, -0.2) is 9.97 Å². The van der Waals surface area contributed by atoms with Crippen LogP contribution in [0.5, 0.6) is 0 Å². The van der Waals surface area contributed by atoms with E-state index in [1.54, 1.807) is 0 Å². The maximum Gasteiger partial charge on any atom is 0.494 e. The summed E-state index contributed by atoms with van der Waals surface area (Å²) in [7, 11) is -4.03. The molecule has 0 amide bonds. The van der Waals surface area contributed by atoms with Gasteiger partial charge in [0.25, 0.3) is 0 Å². The van der Waals surface area contributed by atoms with Gasteiger partial charge in [0.1, 0.15) is 0 Å². The molecule has 19 rings (SSSR count). The second kappa shape index (κ2) is 25.9. The van der Waals surface area contributed by atoms with Crippen LogP contribution in [0.2, 0.25) is 0 Å². The van der Waals surface area contributed by atoms with Crippen molar-refractivity contribution in [1.82, 2.24) is 9.97 Å². The van der Waals surface area contributed by atoms with Gasteiger partial charge in [0.05, 0.1) is 33.3 Å². The monoisotopic (exact) mass is 1430 g/mol. The standard InChI is InChI=1S/C44H32NOP.C33H36BO2P.C17H10BrN/c1-44(2)40-27-29(39-26-31-25-30-13-9-12-20-42(30)45-43(31)38-19-11-10-18-35(38)39)21-23-36(40)37-24-22-34(28-41(37)44)47(46,32-14-5-3-6-15-32)33-16-7-4-8-17-33;1-31(2)29-21-23(34-35-32(3,4)33(5,6)36-34)17-19-27(29)28-20-18-26(22-30(28)31)37(24-13-9-7-10-14-24)25-15-11-8-12-16-25;18-15-10-12-9-11-5-1-4-8-16(11)19-17(12)14-7-3-2-6-13(14)15/h3-28H,1-2H3;7-18,20-22,27H,19H2,1-6H3;1-10H.